The predicted molar refractivity (Wildman–Crippen MR) is 80.7 cm³/mol. The molecule has 0 spiro atoms. The molecule has 1 unspecified atom stereocenters. The second kappa shape index (κ2) is 6.72. The van der Waals surface area contributed by atoms with Crippen molar-refractivity contribution in [2.75, 3.05) is 13.2 Å². The van der Waals surface area contributed by atoms with Gasteiger partial charge < -0.3 is 9.64 Å². The third kappa shape index (κ3) is 3.41. The van der Waals surface area contributed by atoms with Crippen LogP contribution in [0.2, 0.25) is 0 Å². The van der Waals surface area contributed by atoms with Crippen molar-refractivity contribution < 1.29 is 9.53 Å². The highest BCUT2D eigenvalue weighted by Gasteiger charge is 2.29. The van der Waals surface area contributed by atoms with E-state index in [0.29, 0.717) is 5.91 Å². The van der Waals surface area contributed by atoms with Gasteiger partial charge in [0.25, 0.3) is 0 Å². The average molecular weight is 293 g/mol. The molecule has 1 atom stereocenters. The fraction of sp³-hybridized carbons (Fsp3) is 0.688. The molecule has 2 heterocycles. The molecule has 1 saturated heterocycles. The Kier molecular flexibility index (Phi) is 4.73. The summed E-state index contributed by atoms with van der Waals surface area (Å²) in [6.45, 7) is 2.38. The van der Waals surface area contributed by atoms with Crippen molar-refractivity contribution in [2.45, 2.75) is 51.2 Å². The molecule has 4 heteroatoms. The number of hydrogen-bond acceptors (Lipinski definition) is 3. The number of rotatable bonds is 5. The molecule has 110 valence electrons. The van der Waals surface area contributed by atoms with Crippen molar-refractivity contribution in [3.8, 4) is 0 Å². The number of hydrogen-bond donors (Lipinski definition) is 0. The van der Waals surface area contributed by atoms with Gasteiger partial charge in [-0.1, -0.05) is 18.9 Å². The molecule has 1 aliphatic heterocycles. The van der Waals surface area contributed by atoms with Crippen LogP contribution in [0.4, 0.5) is 0 Å². The summed E-state index contributed by atoms with van der Waals surface area (Å²) >= 11 is 1.73. The molecule has 1 saturated carbocycles. The Balaban J connectivity index is 1.66. The standard InChI is InChI=1S/C16H23NO2S/c18-16(13-5-1-2-6-13)17(11-14-7-3-9-19-14)12-15-8-4-10-20-15/h4,8,10,13-14H,1-3,5-7,9,11-12H2. The van der Waals surface area contributed by atoms with E-state index in [1.54, 1.807) is 11.3 Å². The molecule has 1 aliphatic carbocycles. The Morgan fingerprint density at radius 1 is 1.30 bits per heavy atom. The third-order valence-electron chi connectivity index (χ3n) is 4.39. The second-order valence-corrected chi connectivity index (χ2v) is 6.95. The average Bonchev–Trinajstić information content (AvgIpc) is 3.20. The van der Waals surface area contributed by atoms with Crippen LogP contribution in [0.3, 0.4) is 0 Å². The largest absolute Gasteiger partial charge is 0.376 e. The smallest absolute Gasteiger partial charge is 0.226 e. The maximum Gasteiger partial charge on any atom is 0.226 e. The topological polar surface area (TPSA) is 29.5 Å². The molecule has 1 aromatic heterocycles. The molecule has 0 radical (unpaired) electrons. The zero-order valence-electron chi connectivity index (χ0n) is 11.9. The van der Waals surface area contributed by atoms with Crippen LogP contribution < -0.4 is 0 Å². The van der Waals surface area contributed by atoms with E-state index in [1.165, 1.54) is 17.7 Å². The maximum absolute atomic E-state index is 12.7. The van der Waals surface area contributed by atoms with Crippen LogP contribution in [0, 0.1) is 5.92 Å². The lowest BCUT2D eigenvalue weighted by Crippen LogP contribution is -2.39. The fourth-order valence-corrected chi connectivity index (χ4v) is 4.01. The predicted octanol–water partition coefficient (Wildman–Crippen LogP) is 3.45. The van der Waals surface area contributed by atoms with Crippen LogP contribution in [0.25, 0.3) is 0 Å². The third-order valence-corrected chi connectivity index (χ3v) is 5.25. The van der Waals surface area contributed by atoms with E-state index >= 15 is 0 Å². The minimum Gasteiger partial charge on any atom is -0.376 e. The summed E-state index contributed by atoms with van der Waals surface area (Å²) in [5.41, 5.74) is 0. The fourth-order valence-electron chi connectivity index (χ4n) is 3.29. The van der Waals surface area contributed by atoms with Gasteiger partial charge in [0.2, 0.25) is 5.91 Å². The van der Waals surface area contributed by atoms with Crippen molar-refractivity contribution in [3.05, 3.63) is 22.4 Å². The number of nitrogens with zero attached hydrogens (tertiary/aromatic N) is 1. The van der Waals surface area contributed by atoms with Gasteiger partial charge in [0, 0.05) is 23.9 Å². The van der Waals surface area contributed by atoms with Gasteiger partial charge in [-0.3, -0.25) is 4.79 Å². The van der Waals surface area contributed by atoms with Crippen molar-refractivity contribution in [2.24, 2.45) is 5.92 Å². The highest BCUT2D eigenvalue weighted by Crippen LogP contribution is 2.28. The molecular weight excluding hydrogens is 270 g/mol. The van der Waals surface area contributed by atoms with Crippen LogP contribution in [0.5, 0.6) is 0 Å². The van der Waals surface area contributed by atoms with E-state index in [1.807, 2.05) is 0 Å². The highest BCUT2D eigenvalue weighted by molar-refractivity contribution is 7.09. The first-order chi connectivity index (χ1) is 9.83. The SMILES string of the molecule is O=C(C1CCCC1)N(Cc1cccs1)CC1CCCO1. The number of amides is 1. The number of thiophene rings is 1. The minimum atomic E-state index is 0.250. The molecular formula is C16H23NO2S. The molecule has 1 aromatic rings. The molecule has 1 amide bonds. The van der Waals surface area contributed by atoms with E-state index in [4.69, 9.17) is 4.74 Å². The molecule has 0 N–H and O–H groups in total. The normalized spacial score (nSPS) is 23.3. The quantitative estimate of drug-likeness (QED) is 0.832. The van der Waals surface area contributed by atoms with Gasteiger partial charge in [-0.25, -0.2) is 0 Å². The van der Waals surface area contributed by atoms with Gasteiger partial charge >= 0.3 is 0 Å². The first kappa shape index (κ1) is 14.1. The summed E-state index contributed by atoms with van der Waals surface area (Å²) in [4.78, 5) is 16.1. The Morgan fingerprint density at radius 3 is 2.80 bits per heavy atom. The second-order valence-electron chi connectivity index (χ2n) is 5.91. The number of carbonyl (C=O) groups excluding carboxylic acids is 1. The van der Waals surface area contributed by atoms with Crippen LogP contribution in [0.1, 0.15) is 43.4 Å². The van der Waals surface area contributed by atoms with Gasteiger partial charge in [0.1, 0.15) is 0 Å². The van der Waals surface area contributed by atoms with Crippen molar-refractivity contribution in [1.29, 1.82) is 0 Å². The van der Waals surface area contributed by atoms with Gasteiger partial charge in [0.05, 0.1) is 12.6 Å². The van der Waals surface area contributed by atoms with Crippen LogP contribution in [-0.2, 0) is 16.1 Å². The summed E-state index contributed by atoms with van der Waals surface area (Å²) in [6.07, 6.45) is 7.05. The first-order valence-electron chi connectivity index (χ1n) is 7.75. The molecule has 20 heavy (non-hydrogen) atoms. The van der Waals surface area contributed by atoms with Gasteiger partial charge in [-0.15, -0.1) is 11.3 Å². The van der Waals surface area contributed by atoms with Crippen molar-refractivity contribution >= 4 is 17.2 Å². The zero-order chi connectivity index (χ0) is 13.8. The molecule has 2 aliphatic rings. The Morgan fingerprint density at radius 2 is 2.15 bits per heavy atom. The van der Waals surface area contributed by atoms with E-state index < -0.39 is 0 Å². The Labute approximate surface area is 124 Å². The lowest BCUT2D eigenvalue weighted by Gasteiger charge is -2.27. The Bertz CT molecular complexity index is 420. The monoisotopic (exact) mass is 293 g/mol. The zero-order valence-corrected chi connectivity index (χ0v) is 12.7. The van der Waals surface area contributed by atoms with E-state index in [9.17, 15) is 4.79 Å². The molecule has 2 fully saturated rings. The summed E-state index contributed by atoms with van der Waals surface area (Å²) < 4.78 is 5.72. The van der Waals surface area contributed by atoms with Gasteiger partial charge in [0.15, 0.2) is 0 Å². The summed E-state index contributed by atoms with van der Waals surface area (Å²) in [7, 11) is 0. The molecule has 0 bridgehead atoms. The first-order valence-corrected chi connectivity index (χ1v) is 8.63. The Hall–Kier alpha value is -0.870. The van der Waals surface area contributed by atoms with Crippen LogP contribution in [-0.4, -0.2) is 30.1 Å². The lowest BCUT2D eigenvalue weighted by atomic mass is 10.1. The minimum absolute atomic E-state index is 0.250. The molecule has 3 nitrogen and oxygen atoms in total. The maximum atomic E-state index is 12.7. The van der Waals surface area contributed by atoms with Crippen LogP contribution in [0.15, 0.2) is 17.5 Å². The summed E-state index contributed by atoms with van der Waals surface area (Å²) in [5, 5.41) is 2.08. The molecule has 3 rings (SSSR count). The van der Waals surface area contributed by atoms with Crippen molar-refractivity contribution in [1.82, 2.24) is 4.90 Å². The van der Waals surface area contributed by atoms with E-state index in [2.05, 4.69) is 22.4 Å². The number of ether oxygens (including phenoxy) is 1. The van der Waals surface area contributed by atoms with E-state index in [-0.39, 0.29) is 12.0 Å². The summed E-state index contributed by atoms with van der Waals surface area (Å²) in [6, 6.07) is 4.18. The number of carbonyl (C=O) groups is 1. The lowest BCUT2D eigenvalue weighted by molar-refractivity contribution is -0.137. The molecule has 0 aromatic carbocycles. The van der Waals surface area contributed by atoms with E-state index in [0.717, 1.165) is 45.4 Å². The van der Waals surface area contributed by atoms with Crippen LogP contribution >= 0.6 is 11.3 Å². The van der Waals surface area contributed by atoms with Crippen molar-refractivity contribution in [3.63, 3.8) is 0 Å². The van der Waals surface area contributed by atoms with Gasteiger partial charge in [-0.05, 0) is 37.1 Å². The highest BCUT2D eigenvalue weighted by atomic mass is 32.1. The summed E-state index contributed by atoms with van der Waals surface area (Å²) in [5.74, 6) is 0.614. The van der Waals surface area contributed by atoms with Gasteiger partial charge in [-0.2, -0.15) is 0 Å².